The van der Waals surface area contributed by atoms with Crippen LogP contribution in [0.1, 0.15) is 45.2 Å². The van der Waals surface area contributed by atoms with Gasteiger partial charge < -0.3 is 4.90 Å². The maximum Gasteiger partial charge on any atom is 0.275 e. The third-order valence-electron chi connectivity index (χ3n) is 5.29. The zero-order valence-electron chi connectivity index (χ0n) is 13.2. The smallest absolute Gasteiger partial charge is 0.275 e. The van der Waals surface area contributed by atoms with Crippen LogP contribution in [0.15, 0.2) is 10.9 Å². The molecule has 0 spiro atoms. The number of hydrogen-bond acceptors (Lipinski definition) is 5. The van der Waals surface area contributed by atoms with E-state index in [4.69, 9.17) is 0 Å². The Morgan fingerprint density at radius 1 is 1.36 bits per heavy atom. The summed E-state index contributed by atoms with van der Waals surface area (Å²) in [4.78, 5) is 19.9. The molecule has 4 rings (SSSR count). The lowest BCUT2D eigenvalue weighted by Crippen LogP contribution is -2.34. The number of fused-ring (bicyclic) bond motifs is 2. The number of hydrogen-bond donors (Lipinski definition) is 0. The number of aromatic nitrogens is 3. The van der Waals surface area contributed by atoms with Crippen molar-refractivity contribution >= 4 is 21.4 Å². The Morgan fingerprint density at radius 2 is 2.18 bits per heavy atom. The number of aryl methyl sites for hydroxylation is 1. The van der Waals surface area contributed by atoms with Gasteiger partial charge in [-0.3, -0.25) is 4.79 Å². The second kappa shape index (κ2) is 5.33. The van der Waals surface area contributed by atoms with Gasteiger partial charge in [-0.2, -0.15) is 4.52 Å². The summed E-state index contributed by atoms with van der Waals surface area (Å²) in [6.07, 6.45) is 6.05. The van der Waals surface area contributed by atoms with E-state index in [9.17, 15) is 4.79 Å². The Kier molecular flexibility index (Phi) is 3.44. The molecule has 5 nitrogen and oxygen atoms in total. The lowest BCUT2D eigenvalue weighted by atomic mass is 9.80. The molecule has 2 aliphatic rings. The molecule has 0 amide bonds. The van der Waals surface area contributed by atoms with Gasteiger partial charge in [-0.15, -0.1) is 5.10 Å². The minimum absolute atomic E-state index is 0.0585. The molecular weight excluding hydrogens is 296 g/mol. The highest BCUT2D eigenvalue weighted by atomic mass is 32.1. The van der Waals surface area contributed by atoms with Gasteiger partial charge in [0.15, 0.2) is 0 Å². The fourth-order valence-corrected chi connectivity index (χ4v) is 5.13. The third-order valence-corrected chi connectivity index (χ3v) is 6.24. The van der Waals surface area contributed by atoms with Crippen molar-refractivity contribution < 1.29 is 0 Å². The van der Waals surface area contributed by atoms with Gasteiger partial charge in [0.2, 0.25) is 10.1 Å². The molecule has 2 aromatic rings. The van der Waals surface area contributed by atoms with E-state index in [0.717, 1.165) is 34.7 Å². The van der Waals surface area contributed by atoms with E-state index in [1.807, 2.05) is 6.92 Å². The fourth-order valence-electron chi connectivity index (χ4n) is 4.14. The van der Waals surface area contributed by atoms with Crippen molar-refractivity contribution in [1.82, 2.24) is 14.6 Å². The maximum absolute atomic E-state index is 12.2. The molecule has 3 unspecified atom stereocenters. The summed E-state index contributed by atoms with van der Waals surface area (Å²) in [6, 6.07) is 2.21. The number of anilines is 1. The molecule has 0 radical (unpaired) electrons. The molecule has 1 saturated heterocycles. The van der Waals surface area contributed by atoms with Gasteiger partial charge in [-0.1, -0.05) is 38.0 Å². The van der Waals surface area contributed by atoms with Crippen molar-refractivity contribution in [2.45, 2.75) is 52.0 Å². The highest BCUT2D eigenvalue weighted by Gasteiger charge is 2.41. The molecule has 118 valence electrons. The molecule has 0 N–H and O–H groups in total. The molecule has 1 aliphatic heterocycles. The van der Waals surface area contributed by atoms with Gasteiger partial charge in [0.05, 0.1) is 0 Å². The lowest BCUT2D eigenvalue weighted by Gasteiger charge is -2.31. The summed E-state index contributed by atoms with van der Waals surface area (Å²) in [5.41, 5.74) is 0.794. The van der Waals surface area contributed by atoms with Crippen molar-refractivity contribution in [3.05, 3.63) is 22.1 Å². The number of nitrogens with zero attached hydrogens (tertiary/aromatic N) is 4. The minimum atomic E-state index is -0.0585. The van der Waals surface area contributed by atoms with Gasteiger partial charge in [-0.25, -0.2) is 4.98 Å². The van der Waals surface area contributed by atoms with Crippen LogP contribution >= 0.6 is 11.3 Å². The van der Waals surface area contributed by atoms with Crippen LogP contribution in [-0.4, -0.2) is 27.2 Å². The van der Waals surface area contributed by atoms with E-state index in [1.54, 1.807) is 17.4 Å². The first-order valence-electron chi connectivity index (χ1n) is 8.34. The molecule has 2 fully saturated rings. The second-order valence-corrected chi connectivity index (χ2v) is 7.60. The van der Waals surface area contributed by atoms with E-state index >= 15 is 0 Å². The zero-order chi connectivity index (χ0) is 15.3. The van der Waals surface area contributed by atoms with Crippen molar-refractivity contribution in [3.8, 4) is 0 Å². The predicted octanol–water partition coefficient (Wildman–Crippen LogP) is 2.73. The molecule has 0 bridgehead atoms. The van der Waals surface area contributed by atoms with Crippen LogP contribution in [0.5, 0.6) is 0 Å². The van der Waals surface area contributed by atoms with E-state index in [1.165, 1.54) is 30.2 Å². The van der Waals surface area contributed by atoms with Crippen LogP contribution in [-0.2, 0) is 6.42 Å². The molecule has 3 heterocycles. The molecular formula is C16H22N4OS. The highest BCUT2D eigenvalue weighted by Crippen LogP contribution is 2.42. The van der Waals surface area contributed by atoms with Crippen molar-refractivity contribution in [1.29, 1.82) is 0 Å². The Morgan fingerprint density at radius 3 is 3.00 bits per heavy atom. The van der Waals surface area contributed by atoms with Crippen LogP contribution in [0.3, 0.4) is 0 Å². The first kappa shape index (κ1) is 14.2. The Hall–Kier alpha value is -1.43. The molecule has 6 heteroatoms. The molecule has 2 aromatic heterocycles. The van der Waals surface area contributed by atoms with Crippen LogP contribution in [0.25, 0.3) is 4.96 Å². The molecule has 1 saturated carbocycles. The normalized spacial score (nSPS) is 28.3. The standard InChI is InChI=1S/C16H22N4OS/c1-3-11-8-14(21)20-15(17-11)22-16(18-20)19-9-10(2)12-6-4-5-7-13(12)19/h8,10,12-13H,3-7,9H2,1-2H3. The summed E-state index contributed by atoms with van der Waals surface area (Å²) in [5, 5.41) is 5.55. The van der Waals surface area contributed by atoms with Gasteiger partial charge in [-0.05, 0) is 31.1 Å². The van der Waals surface area contributed by atoms with E-state index in [0.29, 0.717) is 12.0 Å². The predicted molar refractivity (Wildman–Crippen MR) is 88.8 cm³/mol. The monoisotopic (exact) mass is 318 g/mol. The van der Waals surface area contributed by atoms with Gasteiger partial charge in [0.1, 0.15) is 0 Å². The second-order valence-electron chi connectivity index (χ2n) is 6.66. The summed E-state index contributed by atoms with van der Waals surface area (Å²) < 4.78 is 1.47. The van der Waals surface area contributed by atoms with E-state index in [2.05, 4.69) is 21.9 Å². The average molecular weight is 318 g/mol. The third kappa shape index (κ3) is 2.16. The van der Waals surface area contributed by atoms with E-state index in [-0.39, 0.29) is 5.56 Å². The summed E-state index contributed by atoms with van der Waals surface area (Å²) in [5.74, 6) is 1.50. The topological polar surface area (TPSA) is 50.5 Å². The molecule has 0 aromatic carbocycles. The summed E-state index contributed by atoms with van der Waals surface area (Å²) >= 11 is 1.56. The summed E-state index contributed by atoms with van der Waals surface area (Å²) in [6.45, 7) is 5.44. The Balaban J connectivity index is 1.75. The molecule has 1 aliphatic carbocycles. The van der Waals surface area contributed by atoms with Crippen LogP contribution < -0.4 is 10.5 Å². The first-order chi connectivity index (χ1) is 10.7. The highest BCUT2D eigenvalue weighted by molar-refractivity contribution is 7.20. The van der Waals surface area contributed by atoms with Crippen LogP contribution in [0.2, 0.25) is 0 Å². The Labute approximate surface area is 134 Å². The first-order valence-corrected chi connectivity index (χ1v) is 9.15. The minimum Gasteiger partial charge on any atom is -0.343 e. The molecule has 3 atom stereocenters. The maximum atomic E-state index is 12.2. The molecule has 22 heavy (non-hydrogen) atoms. The quantitative estimate of drug-likeness (QED) is 0.854. The van der Waals surface area contributed by atoms with E-state index < -0.39 is 0 Å². The van der Waals surface area contributed by atoms with Gasteiger partial charge in [0.25, 0.3) is 5.56 Å². The zero-order valence-corrected chi connectivity index (χ0v) is 14.0. The van der Waals surface area contributed by atoms with Crippen LogP contribution in [0.4, 0.5) is 5.13 Å². The fraction of sp³-hybridized carbons (Fsp3) is 0.688. The van der Waals surface area contributed by atoms with Gasteiger partial charge >= 0.3 is 0 Å². The van der Waals surface area contributed by atoms with Crippen molar-refractivity contribution in [2.24, 2.45) is 11.8 Å². The van der Waals surface area contributed by atoms with Crippen molar-refractivity contribution in [2.75, 3.05) is 11.4 Å². The summed E-state index contributed by atoms with van der Waals surface area (Å²) in [7, 11) is 0. The average Bonchev–Trinajstić information content (AvgIpc) is 3.09. The van der Waals surface area contributed by atoms with Crippen molar-refractivity contribution in [3.63, 3.8) is 0 Å². The number of rotatable bonds is 2. The SMILES string of the molecule is CCc1cc(=O)n2nc(N3CC(C)C4CCCCC43)sc2n1. The van der Waals surface area contributed by atoms with Gasteiger partial charge in [0, 0.05) is 24.3 Å². The Bertz CT molecular complexity index is 752. The largest absolute Gasteiger partial charge is 0.343 e. The van der Waals surface area contributed by atoms with Crippen LogP contribution in [0, 0.1) is 11.8 Å². The lowest BCUT2D eigenvalue weighted by molar-refractivity contribution is 0.293.